The first-order valence-electron chi connectivity index (χ1n) is 5.60. The molecule has 116 valence electrons. The van der Waals surface area contributed by atoms with Gasteiger partial charge in [-0.3, -0.25) is 8.91 Å². The summed E-state index contributed by atoms with van der Waals surface area (Å²) < 4.78 is 54.0. The molecule has 0 radical (unpaired) electrons. The lowest BCUT2D eigenvalue weighted by Gasteiger charge is -2.19. The fraction of sp³-hybridized carbons (Fsp3) is 0.222. The minimum absolute atomic E-state index is 0.118. The second-order valence-electron chi connectivity index (χ2n) is 4.02. The minimum atomic E-state index is -4.00. The molecule has 1 aromatic carbocycles. The average Bonchev–Trinajstić information content (AvgIpc) is 2.31. The second-order valence-corrected chi connectivity index (χ2v) is 6.58. The third-order valence-electron chi connectivity index (χ3n) is 2.44. The number of nitrogens with two attached hydrogens (primary N) is 2. The van der Waals surface area contributed by atoms with Crippen LogP contribution in [0.4, 0.5) is 11.4 Å². The first-order chi connectivity index (χ1) is 9.68. The number of nitrogens with one attached hydrogen (secondary N) is 2. The van der Waals surface area contributed by atoms with E-state index in [0.29, 0.717) is 11.3 Å². The van der Waals surface area contributed by atoms with E-state index in [1.54, 1.807) is 12.1 Å². The van der Waals surface area contributed by atoms with Gasteiger partial charge in [0.15, 0.2) is 0 Å². The third kappa shape index (κ3) is 4.04. The van der Waals surface area contributed by atoms with Gasteiger partial charge in [-0.2, -0.15) is 16.8 Å². The van der Waals surface area contributed by atoms with Crippen molar-refractivity contribution in [2.24, 2.45) is 15.3 Å². The van der Waals surface area contributed by atoms with Crippen LogP contribution in [0, 0.1) is 0 Å². The molecule has 0 bridgehead atoms. The summed E-state index contributed by atoms with van der Waals surface area (Å²) in [7, 11) is -7.84. The standard InChI is InChI=1S/C9H13N5O5S2/c10-9-8-6(12-4-5-19-20(11,15)16)2-1-3-7(8)13-21(17,18)14-9/h1-3,12-13H,4-5H2,(H2,10,14)(H2,11,15,16). The molecule has 6 N–H and O–H groups in total. The van der Waals surface area contributed by atoms with Crippen molar-refractivity contribution in [1.29, 1.82) is 0 Å². The molecule has 1 aliphatic rings. The van der Waals surface area contributed by atoms with Crippen LogP contribution in [0.25, 0.3) is 0 Å². The summed E-state index contributed by atoms with van der Waals surface area (Å²) in [6.07, 6.45) is 0. The fourth-order valence-corrected chi connectivity index (χ4v) is 2.90. The maximum absolute atomic E-state index is 11.4. The third-order valence-corrected chi connectivity index (χ3v) is 3.85. The van der Waals surface area contributed by atoms with Gasteiger partial charge in [-0.05, 0) is 12.1 Å². The maximum atomic E-state index is 11.4. The largest absolute Gasteiger partial charge is 0.382 e. The molecule has 10 nitrogen and oxygen atoms in total. The Kier molecular flexibility index (Phi) is 4.04. The smallest absolute Gasteiger partial charge is 0.344 e. The number of hydrogen-bond donors (Lipinski definition) is 4. The summed E-state index contributed by atoms with van der Waals surface area (Å²) in [5, 5.41) is 7.55. The highest BCUT2D eigenvalue weighted by atomic mass is 32.2. The Balaban J connectivity index is 2.17. The Morgan fingerprint density at radius 2 is 2.10 bits per heavy atom. The molecule has 0 saturated carbocycles. The van der Waals surface area contributed by atoms with Crippen molar-refractivity contribution in [2.75, 3.05) is 23.2 Å². The summed E-state index contributed by atoms with van der Waals surface area (Å²) >= 11 is 0. The van der Waals surface area contributed by atoms with E-state index in [4.69, 9.17) is 5.73 Å². The average molecular weight is 335 g/mol. The molecule has 12 heteroatoms. The Morgan fingerprint density at radius 1 is 1.38 bits per heavy atom. The van der Waals surface area contributed by atoms with Crippen molar-refractivity contribution in [3.63, 3.8) is 0 Å². The number of rotatable bonds is 5. The van der Waals surface area contributed by atoms with Gasteiger partial charge in [0.2, 0.25) is 0 Å². The first-order valence-corrected chi connectivity index (χ1v) is 8.52. The molecule has 1 heterocycles. The highest BCUT2D eigenvalue weighted by molar-refractivity contribution is 7.91. The molecule has 1 aromatic rings. The zero-order valence-electron chi connectivity index (χ0n) is 10.6. The van der Waals surface area contributed by atoms with Crippen LogP contribution in [0.3, 0.4) is 0 Å². The van der Waals surface area contributed by atoms with E-state index in [9.17, 15) is 16.8 Å². The van der Waals surface area contributed by atoms with Crippen LogP contribution in [0.2, 0.25) is 0 Å². The van der Waals surface area contributed by atoms with Crippen LogP contribution in [0.5, 0.6) is 0 Å². The monoisotopic (exact) mass is 335 g/mol. The molecule has 21 heavy (non-hydrogen) atoms. The van der Waals surface area contributed by atoms with E-state index in [0.717, 1.165) is 0 Å². The molecule has 0 atom stereocenters. The zero-order valence-corrected chi connectivity index (χ0v) is 12.2. The summed E-state index contributed by atoms with van der Waals surface area (Å²) in [6.45, 7) is -0.0712. The topological polar surface area (TPSA) is 166 Å². The van der Waals surface area contributed by atoms with Crippen molar-refractivity contribution in [2.45, 2.75) is 0 Å². The van der Waals surface area contributed by atoms with Crippen molar-refractivity contribution in [3.8, 4) is 0 Å². The highest BCUT2D eigenvalue weighted by Crippen LogP contribution is 2.28. The SMILES string of the molecule is NC1=NS(=O)(=O)Nc2cccc(NCCOS(N)(=O)=O)c21. The molecular formula is C9H13N5O5S2. The summed E-state index contributed by atoms with van der Waals surface area (Å²) in [6, 6.07) is 4.76. The molecule has 0 aromatic heterocycles. The molecule has 0 fully saturated rings. The number of nitrogens with zero attached hydrogens (tertiary/aromatic N) is 1. The molecule has 0 saturated heterocycles. The van der Waals surface area contributed by atoms with Crippen LogP contribution in [0.15, 0.2) is 22.6 Å². The predicted molar refractivity (Wildman–Crippen MR) is 77.3 cm³/mol. The summed E-state index contributed by atoms with van der Waals surface area (Å²) in [5.41, 5.74) is 6.78. The van der Waals surface area contributed by atoms with Gasteiger partial charge in [0.25, 0.3) is 0 Å². The molecule has 0 amide bonds. The lowest BCUT2D eigenvalue weighted by molar-refractivity contribution is 0.332. The lowest BCUT2D eigenvalue weighted by Crippen LogP contribution is -2.28. The van der Waals surface area contributed by atoms with Crippen LogP contribution in [0.1, 0.15) is 5.56 Å². The highest BCUT2D eigenvalue weighted by Gasteiger charge is 2.23. The Bertz CT molecular complexity index is 787. The Labute approximate surface area is 121 Å². The van der Waals surface area contributed by atoms with Crippen molar-refractivity contribution in [3.05, 3.63) is 23.8 Å². The van der Waals surface area contributed by atoms with Gasteiger partial charge >= 0.3 is 20.5 Å². The molecular weight excluding hydrogens is 322 g/mol. The number of benzene rings is 1. The number of hydrogen-bond acceptors (Lipinski definition) is 7. The quantitative estimate of drug-likeness (QED) is 0.485. The number of fused-ring (bicyclic) bond motifs is 1. The number of amidine groups is 1. The van der Waals surface area contributed by atoms with Gasteiger partial charge in [0.1, 0.15) is 5.84 Å². The maximum Gasteiger partial charge on any atom is 0.344 e. The van der Waals surface area contributed by atoms with Gasteiger partial charge in [0.05, 0.1) is 17.9 Å². The molecule has 0 unspecified atom stereocenters. The molecule has 0 spiro atoms. The lowest BCUT2D eigenvalue weighted by atomic mass is 10.1. The van der Waals surface area contributed by atoms with E-state index in [1.165, 1.54) is 6.07 Å². The van der Waals surface area contributed by atoms with Crippen LogP contribution >= 0.6 is 0 Å². The van der Waals surface area contributed by atoms with Crippen LogP contribution in [-0.4, -0.2) is 35.8 Å². The fourth-order valence-electron chi connectivity index (χ4n) is 1.74. The van der Waals surface area contributed by atoms with Crippen molar-refractivity contribution >= 4 is 37.7 Å². The van der Waals surface area contributed by atoms with Gasteiger partial charge < -0.3 is 11.1 Å². The minimum Gasteiger partial charge on any atom is -0.382 e. The second kappa shape index (κ2) is 5.48. The van der Waals surface area contributed by atoms with Crippen LogP contribution < -0.4 is 20.9 Å². The van der Waals surface area contributed by atoms with E-state index < -0.39 is 20.5 Å². The van der Waals surface area contributed by atoms with Gasteiger partial charge in [-0.25, -0.2) is 5.14 Å². The molecule has 1 aliphatic heterocycles. The van der Waals surface area contributed by atoms with Crippen molar-refractivity contribution < 1.29 is 21.0 Å². The Hall–Kier alpha value is -1.89. The van der Waals surface area contributed by atoms with Gasteiger partial charge in [-0.15, -0.1) is 4.40 Å². The number of anilines is 2. The predicted octanol–water partition coefficient (Wildman–Crippen LogP) is -1.31. The van der Waals surface area contributed by atoms with E-state index in [2.05, 4.69) is 23.8 Å². The Morgan fingerprint density at radius 3 is 2.76 bits per heavy atom. The summed E-state index contributed by atoms with van der Waals surface area (Å²) in [5.74, 6) is -0.167. The van der Waals surface area contributed by atoms with Crippen molar-refractivity contribution in [1.82, 2.24) is 0 Å². The van der Waals surface area contributed by atoms with E-state index >= 15 is 0 Å². The normalized spacial score (nSPS) is 16.5. The van der Waals surface area contributed by atoms with Gasteiger partial charge in [-0.1, -0.05) is 6.07 Å². The first kappa shape index (κ1) is 15.5. The summed E-state index contributed by atoms with van der Waals surface area (Å²) in [4.78, 5) is 0. The molecule has 0 aliphatic carbocycles. The van der Waals surface area contributed by atoms with E-state index in [-0.39, 0.29) is 24.7 Å². The van der Waals surface area contributed by atoms with Crippen LogP contribution in [-0.2, 0) is 24.7 Å². The zero-order chi connectivity index (χ0) is 15.7. The van der Waals surface area contributed by atoms with E-state index in [1.807, 2.05) is 0 Å². The molecule has 2 rings (SSSR count). The van der Waals surface area contributed by atoms with Gasteiger partial charge in [0, 0.05) is 12.2 Å².